The smallest absolute Gasteiger partial charge is 0.305 e. The summed E-state index contributed by atoms with van der Waals surface area (Å²) in [6.07, 6.45) is 4.31. The molecule has 0 aliphatic heterocycles. The average molecular weight is 283 g/mol. The number of amides is 1. The van der Waals surface area contributed by atoms with Crippen LogP contribution in [0.25, 0.3) is 0 Å². The van der Waals surface area contributed by atoms with Gasteiger partial charge in [-0.1, -0.05) is 19.3 Å². The third-order valence-corrected chi connectivity index (χ3v) is 4.11. The van der Waals surface area contributed by atoms with Crippen molar-refractivity contribution < 1.29 is 14.7 Å². The van der Waals surface area contributed by atoms with E-state index in [0.717, 1.165) is 19.3 Å². The number of carboxylic acids is 1. The van der Waals surface area contributed by atoms with Crippen molar-refractivity contribution in [3.8, 4) is 0 Å². The van der Waals surface area contributed by atoms with E-state index in [1.165, 1.54) is 11.3 Å². The van der Waals surface area contributed by atoms with Crippen LogP contribution in [0, 0.1) is 0 Å². The van der Waals surface area contributed by atoms with Gasteiger partial charge >= 0.3 is 5.97 Å². The number of hydrogen-bond acceptors (Lipinski definition) is 5. The maximum absolute atomic E-state index is 12.1. The largest absolute Gasteiger partial charge is 0.481 e. The summed E-state index contributed by atoms with van der Waals surface area (Å²) in [6.45, 7) is 0. The molecule has 1 aromatic rings. The van der Waals surface area contributed by atoms with Crippen molar-refractivity contribution in [3.05, 3.63) is 11.1 Å². The first kappa shape index (κ1) is 13.8. The molecule has 1 aromatic heterocycles. The molecule has 7 heteroatoms. The van der Waals surface area contributed by atoms with Gasteiger partial charge in [0, 0.05) is 5.38 Å². The van der Waals surface area contributed by atoms with E-state index in [4.69, 9.17) is 10.8 Å². The number of nitrogens with two attached hydrogens (primary N) is 1. The second-order valence-corrected chi connectivity index (χ2v) is 5.83. The first-order valence-electron chi connectivity index (χ1n) is 6.26. The van der Waals surface area contributed by atoms with E-state index in [1.807, 2.05) is 0 Å². The van der Waals surface area contributed by atoms with Crippen molar-refractivity contribution in [3.63, 3.8) is 0 Å². The van der Waals surface area contributed by atoms with Crippen molar-refractivity contribution in [1.29, 1.82) is 0 Å². The molecule has 0 spiro atoms. The van der Waals surface area contributed by atoms with E-state index in [2.05, 4.69) is 10.3 Å². The Morgan fingerprint density at radius 3 is 2.63 bits per heavy atom. The lowest BCUT2D eigenvalue weighted by molar-refractivity contribution is -0.139. The third kappa shape index (κ3) is 3.44. The van der Waals surface area contributed by atoms with Gasteiger partial charge in [-0.3, -0.25) is 9.59 Å². The molecule has 19 heavy (non-hydrogen) atoms. The van der Waals surface area contributed by atoms with E-state index in [-0.39, 0.29) is 18.0 Å². The highest BCUT2D eigenvalue weighted by atomic mass is 32.1. The molecule has 4 N–H and O–H groups in total. The average Bonchev–Trinajstić information content (AvgIpc) is 2.76. The molecule has 0 saturated heterocycles. The molecule has 1 amide bonds. The van der Waals surface area contributed by atoms with Gasteiger partial charge < -0.3 is 16.2 Å². The van der Waals surface area contributed by atoms with Crippen molar-refractivity contribution in [2.45, 2.75) is 44.1 Å². The lowest BCUT2D eigenvalue weighted by atomic mass is 9.79. The lowest BCUT2D eigenvalue weighted by Gasteiger charge is -2.36. The number of nitrogens with zero attached hydrogens (tertiary/aromatic N) is 1. The molecule has 0 radical (unpaired) electrons. The Labute approximate surface area is 115 Å². The summed E-state index contributed by atoms with van der Waals surface area (Å²) >= 11 is 1.20. The zero-order valence-electron chi connectivity index (χ0n) is 10.5. The molecular formula is C12H17N3O3S. The van der Waals surface area contributed by atoms with Crippen molar-refractivity contribution in [2.24, 2.45) is 0 Å². The van der Waals surface area contributed by atoms with Crippen molar-refractivity contribution in [2.75, 3.05) is 5.73 Å². The van der Waals surface area contributed by atoms with Crippen LogP contribution in [0.2, 0.25) is 0 Å². The van der Waals surface area contributed by atoms with E-state index >= 15 is 0 Å². The molecule has 1 aliphatic rings. The number of anilines is 1. The Kier molecular flexibility index (Phi) is 4.04. The quantitative estimate of drug-likeness (QED) is 0.779. The highest BCUT2D eigenvalue weighted by Gasteiger charge is 2.36. The first-order valence-corrected chi connectivity index (χ1v) is 7.14. The molecule has 1 saturated carbocycles. The van der Waals surface area contributed by atoms with Gasteiger partial charge in [0.2, 0.25) is 0 Å². The molecule has 0 atom stereocenters. The molecule has 0 bridgehead atoms. The molecule has 1 fully saturated rings. The van der Waals surface area contributed by atoms with Crippen LogP contribution in [0.15, 0.2) is 5.38 Å². The number of carbonyl (C=O) groups excluding carboxylic acids is 1. The Morgan fingerprint density at radius 2 is 2.11 bits per heavy atom. The second kappa shape index (κ2) is 5.56. The van der Waals surface area contributed by atoms with Crippen molar-refractivity contribution >= 4 is 28.3 Å². The van der Waals surface area contributed by atoms with E-state index in [0.29, 0.717) is 18.0 Å². The van der Waals surface area contributed by atoms with Gasteiger partial charge in [0.15, 0.2) is 5.13 Å². The summed E-state index contributed by atoms with van der Waals surface area (Å²) in [7, 11) is 0. The SMILES string of the molecule is Nc1nc(C(=O)NC2(CC(=O)O)CCCCC2)cs1. The first-order chi connectivity index (χ1) is 9.01. The van der Waals surface area contributed by atoms with E-state index < -0.39 is 11.5 Å². The maximum Gasteiger partial charge on any atom is 0.305 e. The van der Waals surface area contributed by atoms with Crippen LogP contribution < -0.4 is 11.1 Å². The fourth-order valence-electron chi connectivity index (χ4n) is 2.56. The molecular weight excluding hydrogens is 266 g/mol. The van der Waals surface area contributed by atoms with Gasteiger partial charge in [-0.05, 0) is 12.8 Å². The van der Waals surface area contributed by atoms with Crippen LogP contribution in [0.1, 0.15) is 49.0 Å². The Bertz CT molecular complexity index is 480. The van der Waals surface area contributed by atoms with Crippen LogP contribution in [0.5, 0.6) is 0 Å². The Morgan fingerprint density at radius 1 is 1.42 bits per heavy atom. The number of nitrogen functional groups attached to an aromatic ring is 1. The number of carbonyl (C=O) groups is 2. The molecule has 0 unspecified atom stereocenters. The minimum Gasteiger partial charge on any atom is -0.481 e. The fraction of sp³-hybridized carbons (Fsp3) is 0.583. The summed E-state index contributed by atoms with van der Waals surface area (Å²) in [4.78, 5) is 27.0. The molecule has 1 heterocycles. The molecule has 6 nitrogen and oxygen atoms in total. The number of rotatable bonds is 4. The highest BCUT2D eigenvalue weighted by molar-refractivity contribution is 7.13. The zero-order valence-corrected chi connectivity index (χ0v) is 11.3. The standard InChI is InChI=1S/C12H17N3O3S/c13-11-14-8(7-19-11)10(18)15-12(6-9(16)17)4-2-1-3-5-12/h7H,1-6H2,(H2,13,14)(H,15,18)(H,16,17). The molecule has 2 rings (SSSR count). The summed E-state index contributed by atoms with van der Waals surface area (Å²) in [5, 5.41) is 13.8. The predicted molar refractivity (Wildman–Crippen MR) is 72.1 cm³/mol. The number of aromatic nitrogens is 1. The number of aliphatic carboxylic acids is 1. The lowest BCUT2D eigenvalue weighted by Crippen LogP contribution is -2.51. The van der Waals surface area contributed by atoms with Gasteiger partial charge in [0.25, 0.3) is 5.91 Å². The highest BCUT2D eigenvalue weighted by Crippen LogP contribution is 2.31. The Hall–Kier alpha value is -1.63. The summed E-state index contributed by atoms with van der Waals surface area (Å²) in [5.74, 6) is -1.23. The van der Waals surface area contributed by atoms with Crippen molar-refractivity contribution in [1.82, 2.24) is 10.3 Å². The topological polar surface area (TPSA) is 105 Å². The van der Waals surface area contributed by atoms with E-state index in [1.54, 1.807) is 5.38 Å². The summed E-state index contributed by atoms with van der Waals surface area (Å²) < 4.78 is 0. The van der Waals surface area contributed by atoms with Crippen LogP contribution in [0.4, 0.5) is 5.13 Å². The fourth-order valence-corrected chi connectivity index (χ4v) is 3.10. The third-order valence-electron chi connectivity index (χ3n) is 3.43. The van der Waals surface area contributed by atoms with Gasteiger partial charge in [-0.2, -0.15) is 0 Å². The normalized spacial score (nSPS) is 17.9. The number of hydrogen-bond donors (Lipinski definition) is 3. The number of carboxylic acid groups (broad SMARTS) is 1. The summed E-state index contributed by atoms with van der Waals surface area (Å²) in [6, 6.07) is 0. The van der Waals surface area contributed by atoms with Crippen LogP contribution in [-0.2, 0) is 4.79 Å². The second-order valence-electron chi connectivity index (χ2n) is 4.94. The predicted octanol–water partition coefficient (Wildman–Crippen LogP) is 1.63. The minimum absolute atomic E-state index is 0.0433. The molecule has 0 aromatic carbocycles. The maximum atomic E-state index is 12.1. The number of nitrogens with one attached hydrogen (secondary N) is 1. The monoisotopic (exact) mass is 283 g/mol. The van der Waals surface area contributed by atoms with Crippen LogP contribution in [0.3, 0.4) is 0 Å². The van der Waals surface area contributed by atoms with Crippen LogP contribution in [-0.4, -0.2) is 27.5 Å². The molecule has 1 aliphatic carbocycles. The minimum atomic E-state index is -0.889. The number of thiazole rings is 1. The van der Waals surface area contributed by atoms with Gasteiger partial charge in [-0.15, -0.1) is 11.3 Å². The van der Waals surface area contributed by atoms with Gasteiger partial charge in [0.1, 0.15) is 5.69 Å². The Balaban J connectivity index is 2.11. The van der Waals surface area contributed by atoms with Gasteiger partial charge in [-0.25, -0.2) is 4.98 Å². The van der Waals surface area contributed by atoms with Gasteiger partial charge in [0.05, 0.1) is 12.0 Å². The molecule has 104 valence electrons. The summed E-state index contributed by atoms with van der Waals surface area (Å²) in [5.41, 5.74) is 5.12. The van der Waals surface area contributed by atoms with E-state index in [9.17, 15) is 9.59 Å². The van der Waals surface area contributed by atoms with Crippen LogP contribution >= 0.6 is 11.3 Å². The zero-order chi connectivity index (χ0) is 13.9.